The van der Waals surface area contributed by atoms with E-state index in [-0.39, 0.29) is 19.6 Å². The number of esters is 1. The lowest BCUT2D eigenvalue weighted by Gasteiger charge is -2.15. The lowest BCUT2D eigenvalue weighted by molar-refractivity contribution is -0.143. The zero-order valence-electron chi connectivity index (χ0n) is 9.74. The van der Waals surface area contributed by atoms with Gasteiger partial charge in [0.1, 0.15) is 11.9 Å². The van der Waals surface area contributed by atoms with Crippen LogP contribution in [0.1, 0.15) is 20.3 Å². The van der Waals surface area contributed by atoms with Crippen molar-refractivity contribution < 1.29 is 28.2 Å². The summed E-state index contributed by atoms with van der Waals surface area (Å²) in [5, 5.41) is 0. The van der Waals surface area contributed by atoms with Crippen LogP contribution in [0, 0.1) is 0 Å². The number of carbonyl (C=O) groups excluding carboxylic acids is 2. The van der Waals surface area contributed by atoms with Crippen molar-refractivity contribution in [3.8, 4) is 0 Å². The summed E-state index contributed by atoms with van der Waals surface area (Å²) in [5.41, 5.74) is 7.20. The Bertz CT molecular complexity index is 364. The molecule has 2 atom stereocenters. The summed E-state index contributed by atoms with van der Waals surface area (Å²) in [6, 6.07) is 0. The van der Waals surface area contributed by atoms with Crippen molar-refractivity contribution in [2.75, 3.05) is 13.2 Å². The Balaban J connectivity index is 4.92. The quantitative estimate of drug-likeness (QED) is 0.162. The van der Waals surface area contributed by atoms with Crippen LogP contribution in [0.15, 0.2) is 0 Å². The van der Waals surface area contributed by atoms with E-state index in [4.69, 9.17) is 10.1 Å². The first-order chi connectivity index (χ1) is 8.03. The van der Waals surface area contributed by atoms with E-state index >= 15 is 0 Å². The highest BCUT2D eigenvalue weighted by molar-refractivity contribution is 7.75. The predicted octanol–water partition coefficient (Wildman–Crippen LogP) is 1.08. The van der Waals surface area contributed by atoms with E-state index in [1.54, 1.807) is 13.8 Å². The lowest BCUT2D eigenvalue weighted by atomic mass is 10.3. The maximum atomic E-state index is 12.1. The molecule has 0 bridgehead atoms. The van der Waals surface area contributed by atoms with Crippen molar-refractivity contribution in [1.82, 2.24) is 0 Å². The Hall–Kier alpha value is -1.29. The fourth-order valence-electron chi connectivity index (χ4n) is 1.14. The maximum Gasteiger partial charge on any atom is 0.340 e. The van der Waals surface area contributed by atoms with Crippen LogP contribution in [0.5, 0.6) is 0 Å². The van der Waals surface area contributed by atoms with E-state index in [0.717, 1.165) is 0 Å². The smallest absolute Gasteiger partial charge is 0.340 e. The third kappa shape index (κ3) is 5.04. The summed E-state index contributed by atoms with van der Waals surface area (Å²) < 4.78 is 21.7. The molecule has 0 aromatic heterocycles. The van der Waals surface area contributed by atoms with Crippen molar-refractivity contribution in [1.29, 1.82) is 0 Å². The number of ether oxygens (including phenoxy) is 1. The first-order valence-electron chi connectivity index (χ1n) is 5.07. The monoisotopic (exact) mass is 262 g/mol. The molecule has 17 heavy (non-hydrogen) atoms. The molecule has 7 nitrogen and oxygen atoms in total. The second-order valence-electron chi connectivity index (χ2n) is 3.01. The number of carbonyl (C=O) groups is 2. The topological polar surface area (TPSA) is 106 Å². The number of hydrogen-bond donors (Lipinski definition) is 0. The van der Waals surface area contributed by atoms with Crippen molar-refractivity contribution >= 4 is 25.6 Å². The maximum absolute atomic E-state index is 12.1. The first-order valence-corrected chi connectivity index (χ1v) is 6.83. The molecule has 0 saturated carbocycles. The van der Waals surface area contributed by atoms with Gasteiger partial charge >= 0.3 is 19.3 Å². The molecule has 0 amide bonds. The van der Waals surface area contributed by atoms with Crippen LogP contribution in [-0.4, -0.2) is 41.9 Å². The largest absolute Gasteiger partial charge is 0.466 e. The Morgan fingerprint density at radius 1 is 1.47 bits per heavy atom. The Morgan fingerprint density at radius 3 is 2.53 bits per heavy atom. The molecule has 0 aromatic rings. The SMILES string of the molecule is CCOC(=O)CC(C=O)P(=O)(C=[N+]=[N-])OCC. The summed E-state index contributed by atoms with van der Waals surface area (Å²) in [4.78, 5) is 24.7. The van der Waals surface area contributed by atoms with Gasteiger partial charge in [0, 0.05) is 0 Å². The normalized spacial score (nSPS) is 15.2. The number of nitrogens with zero attached hydrogens (tertiary/aromatic N) is 2. The highest BCUT2D eigenvalue weighted by Crippen LogP contribution is 2.49. The summed E-state index contributed by atoms with van der Waals surface area (Å²) in [5.74, 6) is 0.00490. The fourth-order valence-corrected chi connectivity index (χ4v) is 2.69. The second kappa shape index (κ2) is 7.90. The van der Waals surface area contributed by atoms with Crippen LogP contribution in [0.4, 0.5) is 0 Å². The lowest BCUT2D eigenvalue weighted by Crippen LogP contribution is -2.20. The number of rotatable bonds is 8. The molecule has 0 spiro atoms. The summed E-state index contributed by atoms with van der Waals surface area (Å²) in [6.07, 6.45) is -0.0321. The van der Waals surface area contributed by atoms with Crippen LogP contribution < -0.4 is 0 Å². The van der Waals surface area contributed by atoms with E-state index in [2.05, 4.69) is 9.53 Å². The van der Waals surface area contributed by atoms with Gasteiger partial charge in [0.05, 0.1) is 19.6 Å². The molecule has 0 aliphatic rings. The summed E-state index contributed by atoms with van der Waals surface area (Å²) in [6.45, 7) is 3.42. The van der Waals surface area contributed by atoms with Crippen LogP contribution >= 0.6 is 7.37 Å². The van der Waals surface area contributed by atoms with Crippen molar-refractivity contribution in [2.45, 2.75) is 25.9 Å². The third-order valence-corrected chi connectivity index (χ3v) is 4.16. The van der Waals surface area contributed by atoms with Crippen LogP contribution in [-0.2, 0) is 23.4 Å². The molecule has 0 N–H and O–H groups in total. The molecule has 0 aliphatic heterocycles. The van der Waals surface area contributed by atoms with Gasteiger partial charge < -0.3 is 19.6 Å². The molecule has 0 fully saturated rings. The van der Waals surface area contributed by atoms with Gasteiger partial charge in [-0.15, -0.1) is 0 Å². The fraction of sp³-hybridized carbons (Fsp3) is 0.667. The number of hydrogen-bond acceptors (Lipinski definition) is 5. The minimum Gasteiger partial charge on any atom is -0.466 e. The van der Waals surface area contributed by atoms with E-state index < -0.39 is 19.0 Å². The number of aldehydes is 1. The van der Waals surface area contributed by atoms with Gasteiger partial charge in [0.2, 0.25) is 0 Å². The molecule has 2 unspecified atom stereocenters. The van der Waals surface area contributed by atoms with E-state index in [0.29, 0.717) is 12.2 Å². The van der Waals surface area contributed by atoms with Gasteiger partial charge in [0.25, 0.3) is 0 Å². The van der Waals surface area contributed by atoms with Crippen molar-refractivity contribution in [3.05, 3.63) is 5.53 Å². The van der Waals surface area contributed by atoms with Crippen LogP contribution in [0.2, 0.25) is 0 Å². The van der Waals surface area contributed by atoms with Crippen LogP contribution in [0.3, 0.4) is 0 Å². The van der Waals surface area contributed by atoms with Gasteiger partial charge in [-0.25, -0.2) is 0 Å². The van der Waals surface area contributed by atoms with Crippen molar-refractivity contribution in [2.24, 2.45) is 0 Å². The van der Waals surface area contributed by atoms with Crippen LogP contribution in [0.25, 0.3) is 5.53 Å². The van der Waals surface area contributed by atoms with E-state index in [1.165, 1.54) is 0 Å². The second-order valence-corrected chi connectivity index (χ2v) is 5.45. The average molecular weight is 262 g/mol. The average Bonchev–Trinajstić information content (AvgIpc) is 2.26. The molecule has 0 saturated heterocycles. The standard InChI is InChI=1S/C9H15N2O5P/c1-3-15-9(13)5-8(6-12)17(14,7-11-10)16-4-2/h6-8H,3-5H2,1-2H3. The van der Waals surface area contributed by atoms with Gasteiger partial charge in [-0.3, -0.25) is 9.36 Å². The zero-order valence-corrected chi connectivity index (χ0v) is 10.6. The Kier molecular flexibility index (Phi) is 7.30. The third-order valence-electron chi connectivity index (χ3n) is 1.84. The highest BCUT2D eigenvalue weighted by atomic mass is 31.2. The molecule has 0 radical (unpaired) electrons. The summed E-state index contributed by atoms with van der Waals surface area (Å²) >= 11 is 0. The molecule has 0 aromatic carbocycles. The molecular weight excluding hydrogens is 247 g/mol. The molecule has 8 heteroatoms. The highest BCUT2D eigenvalue weighted by Gasteiger charge is 2.38. The Labute approximate surface area is 99.2 Å². The van der Waals surface area contributed by atoms with Gasteiger partial charge in [-0.2, -0.15) is 4.79 Å². The molecule has 0 aliphatic carbocycles. The summed E-state index contributed by atoms with van der Waals surface area (Å²) in [7, 11) is -3.62. The van der Waals surface area contributed by atoms with E-state index in [9.17, 15) is 14.2 Å². The van der Waals surface area contributed by atoms with Gasteiger partial charge in [-0.05, 0) is 13.8 Å². The molecule has 0 rings (SSSR count). The molecular formula is C9H15N2O5P. The van der Waals surface area contributed by atoms with Crippen molar-refractivity contribution in [3.63, 3.8) is 0 Å². The first kappa shape index (κ1) is 15.7. The predicted molar refractivity (Wildman–Crippen MR) is 60.0 cm³/mol. The molecule has 0 heterocycles. The van der Waals surface area contributed by atoms with E-state index in [1.807, 2.05) is 0 Å². The Morgan fingerprint density at radius 2 is 2.12 bits per heavy atom. The zero-order chi connectivity index (χ0) is 13.3. The molecule has 96 valence electrons. The van der Waals surface area contributed by atoms with Gasteiger partial charge in [-0.1, -0.05) is 0 Å². The van der Waals surface area contributed by atoms with Gasteiger partial charge in [0.15, 0.2) is 0 Å². The minimum atomic E-state index is -3.62. The minimum absolute atomic E-state index is 0.0659.